The molecule has 0 radical (unpaired) electrons. The van der Waals surface area contributed by atoms with Crippen LogP contribution in [0.3, 0.4) is 0 Å². The smallest absolute Gasteiger partial charge is 0.300 e. The van der Waals surface area contributed by atoms with Crippen LogP contribution < -0.4 is 14.4 Å². The third-order valence-electron chi connectivity index (χ3n) is 4.69. The Kier molecular flexibility index (Phi) is 6.07. The summed E-state index contributed by atoms with van der Waals surface area (Å²) in [5, 5.41) is 0.708. The van der Waals surface area contributed by atoms with Gasteiger partial charge >= 0.3 is 5.91 Å². The molecule has 0 spiro atoms. The first kappa shape index (κ1) is 21.7. The average Bonchev–Trinajstić information content (AvgIpc) is 3.11. The summed E-state index contributed by atoms with van der Waals surface area (Å²) in [6.45, 7) is 5.99. The van der Waals surface area contributed by atoms with Crippen molar-refractivity contribution < 1.29 is 22.4 Å². The minimum atomic E-state index is -4.17. The van der Waals surface area contributed by atoms with E-state index in [0.717, 1.165) is 11.3 Å². The van der Waals surface area contributed by atoms with Gasteiger partial charge in [0.1, 0.15) is 16.2 Å². The lowest BCUT2D eigenvalue weighted by molar-refractivity contribution is 0.0956. The van der Waals surface area contributed by atoms with Crippen molar-refractivity contribution in [3.05, 3.63) is 53.8 Å². The Morgan fingerprint density at radius 1 is 1.13 bits per heavy atom. The average molecular weight is 431 g/mol. The van der Waals surface area contributed by atoms with E-state index >= 15 is 0 Å². The summed E-state index contributed by atoms with van der Waals surface area (Å²) >= 11 is 0. The molecule has 1 amide bonds. The van der Waals surface area contributed by atoms with Gasteiger partial charge in [-0.1, -0.05) is 19.9 Å². The molecule has 1 heterocycles. The van der Waals surface area contributed by atoms with Gasteiger partial charge in [0.2, 0.25) is 0 Å². The van der Waals surface area contributed by atoms with Gasteiger partial charge in [-0.05, 0) is 48.7 Å². The summed E-state index contributed by atoms with van der Waals surface area (Å²) in [5.74, 6) is -0.605. The number of benzene rings is 2. The first-order chi connectivity index (χ1) is 14.1. The molecule has 0 fully saturated rings. The van der Waals surface area contributed by atoms with Crippen molar-refractivity contribution in [2.45, 2.75) is 31.6 Å². The van der Waals surface area contributed by atoms with E-state index in [2.05, 4.69) is 4.72 Å². The molecule has 0 aliphatic rings. The van der Waals surface area contributed by atoms with Crippen LogP contribution in [0.15, 0.2) is 51.8 Å². The van der Waals surface area contributed by atoms with Crippen LogP contribution in [-0.2, 0) is 10.0 Å². The SMILES string of the molecule is CCOc1ccc(C(C)C)cc1S(=O)(=O)NC(=O)c1cc2ccc(N(C)C)cc2o1. The number of hydrogen-bond acceptors (Lipinski definition) is 6. The monoisotopic (exact) mass is 430 g/mol. The fourth-order valence-electron chi connectivity index (χ4n) is 3.01. The highest BCUT2D eigenvalue weighted by molar-refractivity contribution is 7.90. The Hall–Kier alpha value is -3.00. The lowest BCUT2D eigenvalue weighted by Crippen LogP contribution is -2.30. The van der Waals surface area contributed by atoms with Crippen molar-refractivity contribution in [3.63, 3.8) is 0 Å². The number of carbonyl (C=O) groups excluding carboxylic acids is 1. The molecule has 0 atom stereocenters. The number of hydrogen-bond donors (Lipinski definition) is 1. The number of anilines is 1. The predicted octanol–water partition coefficient (Wildman–Crippen LogP) is 4.14. The molecule has 7 nitrogen and oxygen atoms in total. The van der Waals surface area contributed by atoms with Crippen molar-refractivity contribution >= 4 is 32.6 Å². The second-order valence-electron chi connectivity index (χ2n) is 7.46. The second kappa shape index (κ2) is 8.39. The first-order valence-electron chi connectivity index (χ1n) is 9.67. The summed E-state index contributed by atoms with van der Waals surface area (Å²) in [4.78, 5) is 14.5. The molecule has 0 saturated carbocycles. The highest BCUT2D eigenvalue weighted by Gasteiger charge is 2.25. The maximum Gasteiger partial charge on any atom is 0.300 e. The molecule has 0 aliphatic carbocycles. The molecule has 0 saturated heterocycles. The van der Waals surface area contributed by atoms with Crippen LogP contribution in [0.1, 0.15) is 42.8 Å². The Morgan fingerprint density at radius 2 is 1.87 bits per heavy atom. The minimum absolute atomic E-state index is 0.0742. The van der Waals surface area contributed by atoms with Gasteiger partial charge in [-0.2, -0.15) is 0 Å². The van der Waals surface area contributed by atoms with Crippen molar-refractivity contribution in [3.8, 4) is 5.75 Å². The van der Waals surface area contributed by atoms with E-state index in [1.165, 1.54) is 12.1 Å². The third kappa shape index (κ3) is 4.43. The molecule has 3 aromatic rings. The van der Waals surface area contributed by atoms with Crippen molar-refractivity contribution in [2.75, 3.05) is 25.6 Å². The molecule has 0 bridgehead atoms. The molecule has 0 aliphatic heterocycles. The van der Waals surface area contributed by atoms with Gasteiger partial charge in [-0.3, -0.25) is 4.79 Å². The zero-order valence-electron chi connectivity index (χ0n) is 17.7. The van der Waals surface area contributed by atoms with Gasteiger partial charge in [-0.15, -0.1) is 0 Å². The molecule has 2 aromatic carbocycles. The lowest BCUT2D eigenvalue weighted by atomic mass is 10.0. The fourth-order valence-corrected chi connectivity index (χ4v) is 4.14. The zero-order chi connectivity index (χ0) is 22.1. The summed E-state index contributed by atoms with van der Waals surface area (Å²) < 4.78 is 39.1. The quantitative estimate of drug-likeness (QED) is 0.606. The number of amides is 1. The molecule has 8 heteroatoms. The third-order valence-corrected chi connectivity index (χ3v) is 6.05. The number of fused-ring (bicyclic) bond motifs is 1. The highest BCUT2D eigenvalue weighted by atomic mass is 32.2. The van der Waals surface area contributed by atoms with Crippen molar-refractivity contribution in [1.29, 1.82) is 0 Å². The van der Waals surface area contributed by atoms with E-state index in [0.29, 0.717) is 17.6 Å². The van der Waals surface area contributed by atoms with Crippen LogP contribution in [0.5, 0.6) is 5.75 Å². The Morgan fingerprint density at radius 3 is 2.50 bits per heavy atom. The maximum atomic E-state index is 13.0. The van der Waals surface area contributed by atoms with E-state index in [-0.39, 0.29) is 22.3 Å². The maximum absolute atomic E-state index is 13.0. The zero-order valence-corrected chi connectivity index (χ0v) is 18.5. The summed E-state index contributed by atoms with van der Waals surface area (Å²) in [6, 6.07) is 12.0. The molecule has 1 N–H and O–H groups in total. The predicted molar refractivity (Wildman–Crippen MR) is 117 cm³/mol. The van der Waals surface area contributed by atoms with Gasteiger partial charge < -0.3 is 14.1 Å². The van der Waals surface area contributed by atoms with E-state index in [1.54, 1.807) is 19.1 Å². The van der Waals surface area contributed by atoms with Crippen LogP contribution in [0.4, 0.5) is 5.69 Å². The van der Waals surface area contributed by atoms with E-state index < -0.39 is 15.9 Å². The Bertz CT molecular complexity index is 1180. The number of sulfonamides is 1. The number of carbonyl (C=O) groups is 1. The standard InChI is InChI=1S/C22H26N2O5S/c1-6-28-18-10-8-15(14(2)3)12-21(18)30(26,27)23-22(25)20-11-16-7-9-17(24(4)5)13-19(16)29-20/h7-14H,6H2,1-5H3,(H,23,25). The number of furan rings is 1. The topological polar surface area (TPSA) is 88.8 Å². The molecular weight excluding hydrogens is 404 g/mol. The first-order valence-corrected chi connectivity index (χ1v) is 11.2. The van der Waals surface area contributed by atoms with Crippen LogP contribution in [0, 0.1) is 0 Å². The lowest BCUT2D eigenvalue weighted by Gasteiger charge is -2.14. The normalized spacial score (nSPS) is 11.7. The van der Waals surface area contributed by atoms with Gasteiger partial charge in [0.25, 0.3) is 10.0 Å². The number of nitrogens with one attached hydrogen (secondary N) is 1. The van der Waals surface area contributed by atoms with Crippen molar-refractivity contribution in [2.24, 2.45) is 0 Å². The summed E-state index contributed by atoms with van der Waals surface area (Å²) in [6.07, 6.45) is 0. The number of rotatable bonds is 7. The summed E-state index contributed by atoms with van der Waals surface area (Å²) in [7, 11) is -0.380. The van der Waals surface area contributed by atoms with Gasteiger partial charge in [0, 0.05) is 31.2 Å². The minimum Gasteiger partial charge on any atom is -0.492 e. The van der Waals surface area contributed by atoms with Crippen LogP contribution >= 0.6 is 0 Å². The van der Waals surface area contributed by atoms with Gasteiger partial charge in [-0.25, -0.2) is 13.1 Å². The fraction of sp³-hybridized carbons (Fsp3) is 0.318. The highest BCUT2D eigenvalue weighted by Crippen LogP contribution is 2.29. The van der Waals surface area contributed by atoms with Crippen LogP contribution in [0.2, 0.25) is 0 Å². The van der Waals surface area contributed by atoms with Crippen LogP contribution in [0.25, 0.3) is 11.0 Å². The Labute approximate surface area is 176 Å². The molecule has 1 aromatic heterocycles. The van der Waals surface area contributed by atoms with Crippen molar-refractivity contribution in [1.82, 2.24) is 4.72 Å². The Balaban J connectivity index is 1.94. The van der Waals surface area contributed by atoms with E-state index in [1.807, 2.05) is 51.0 Å². The molecule has 3 rings (SSSR count). The largest absolute Gasteiger partial charge is 0.492 e. The molecule has 30 heavy (non-hydrogen) atoms. The van der Waals surface area contributed by atoms with E-state index in [4.69, 9.17) is 9.15 Å². The molecule has 0 unspecified atom stereocenters. The molecular formula is C22H26N2O5S. The second-order valence-corrected chi connectivity index (χ2v) is 9.11. The number of ether oxygens (including phenoxy) is 1. The van der Waals surface area contributed by atoms with Crippen LogP contribution in [-0.4, -0.2) is 35.0 Å². The van der Waals surface area contributed by atoms with E-state index in [9.17, 15) is 13.2 Å². The molecule has 160 valence electrons. The van der Waals surface area contributed by atoms with Gasteiger partial charge in [0.15, 0.2) is 5.76 Å². The number of nitrogens with zero attached hydrogens (tertiary/aromatic N) is 1. The summed E-state index contributed by atoms with van der Waals surface area (Å²) in [5.41, 5.74) is 2.23. The van der Waals surface area contributed by atoms with Gasteiger partial charge in [0.05, 0.1) is 6.61 Å².